The van der Waals surface area contributed by atoms with Gasteiger partial charge in [-0.15, -0.1) is 0 Å². The van der Waals surface area contributed by atoms with E-state index in [0.29, 0.717) is 18.1 Å². The van der Waals surface area contributed by atoms with Gasteiger partial charge in [-0.2, -0.15) is 0 Å². The van der Waals surface area contributed by atoms with Crippen molar-refractivity contribution < 1.29 is 19.1 Å². The van der Waals surface area contributed by atoms with Crippen molar-refractivity contribution in [3.05, 3.63) is 70.1 Å². The Bertz CT molecular complexity index is 861. The van der Waals surface area contributed by atoms with E-state index in [9.17, 15) is 9.59 Å². The summed E-state index contributed by atoms with van der Waals surface area (Å²) in [5, 5.41) is -0.263. The predicted molar refractivity (Wildman–Crippen MR) is 107 cm³/mol. The van der Waals surface area contributed by atoms with Crippen LogP contribution in [0.3, 0.4) is 0 Å². The van der Waals surface area contributed by atoms with Crippen LogP contribution in [0.2, 0.25) is 0 Å². The lowest BCUT2D eigenvalue weighted by Gasteiger charge is -2.10. The van der Waals surface area contributed by atoms with Gasteiger partial charge in [0.1, 0.15) is 12.4 Å². The lowest BCUT2D eigenvalue weighted by Crippen LogP contribution is -2.31. The van der Waals surface area contributed by atoms with Crippen molar-refractivity contribution in [2.75, 3.05) is 20.3 Å². The maximum Gasteiger partial charge on any atom is 0.293 e. The first-order valence-electron chi connectivity index (χ1n) is 8.59. The molecule has 1 saturated heterocycles. The van der Waals surface area contributed by atoms with Crippen molar-refractivity contribution in [3.8, 4) is 5.75 Å². The molecule has 1 aliphatic rings. The van der Waals surface area contributed by atoms with Crippen molar-refractivity contribution in [1.82, 2.24) is 4.90 Å². The van der Waals surface area contributed by atoms with Crippen LogP contribution in [0.25, 0.3) is 6.08 Å². The average Bonchev–Trinajstić information content (AvgIpc) is 2.92. The molecule has 3 rings (SSSR count). The van der Waals surface area contributed by atoms with E-state index in [2.05, 4.69) is 19.1 Å². The Hall–Kier alpha value is -2.57. The second-order valence-corrected chi connectivity index (χ2v) is 7.17. The van der Waals surface area contributed by atoms with Gasteiger partial charge in [0.05, 0.1) is 18.1 Å². The van der Waals surface area contributed by atoms with Gasteiger partial charge in [0, 0.05) is 7.11 Å². The van der Waals surface area contributed by atoms with Crippen LogP contribution in [-0.4, -0.2) is 36.3 Å². The highest BCUT2D eigenvalue weighted by Crippen LogP contribution is 2.32. The van der Waals surface area contributed by atoms with Crippen LogP contribution in [0.1, 0.15) is 16.7 Å². The van der Waals surface area contributed by atoms with E-state index >= 15 is 0 Å². The van der Waals surface area contributed by atoms with E-state index < -0.39 is 0 Å². The van der Waals surface area contributed by atoms with E-state index in [1.54, 1.807) is 6.08 Å². The zero-order valence-electron chi connectivity index (χ0n) is 15.3. The predicted octanol–water partition coefficient (Wildman–Crippen LogP) is 4.26. The Kier molecular flexibility index (Phi) is 6.32. The van der Waals surface area contributed by atoms with E-state index in [1.807, 2.05) is 36.4 Å². The summed E-state index contributed by atoms with van der Waals surface area (Å²) < 4.78 is 10.7. The molecule has 2 aromatic rings. The molecule has 1 fully saturated rings. The third kappa shape index (κ3) is 4.99. The highest BCUT2D eigenvalue weighted by molar-refractivity contribution is 8.18. The third-order valence-electron chi connectivity index (χ3n) is 4.06. The molecule has 0 spiro atoms. The molecule has 5 nitrogen and oxygen atoms in total. The van der Waals surface area contributed by atoms with Crippen LogP contribution in [0.5, 0.6) is 5.75 Å². The number of hydrogen-bond donors (Lipinski definition) is 0. The summed E-state index contributed by atoms with van der Waals surface area (Å²) in [5.74, 6) is 0.476. The first-order chi connectivity index (χ1) is 13.1. The summed E-state index contributed by atoms with van der Waals surface area (Å²) in [5.41, 5.74) is 3.16. The van der Waals surface area contributed by atoms with Crippen molar-refractivity contribution in [2.45, 2.75) is 13.5 Å². The van der Waals surface area contributed by atoms with Gasteiger partial charge in [0.15, 0.2) is 0 Å². The molecule has 1 heterocycles. The minimum Gasteiger partial charge on any atom is -0.489 e. The lowest BCUT2D eigenvalue weighted by atomic mass is 10.1. The summed E-state index contributed by atoms with van der Waals surface area (Å²) >= 11 is 0.952. The molecule has 140 valence electrons. The summed E-state index contributed by atoms with van der Waals surface area (Å²) in [6, 6.07) is 15.6. The summed E-state index contributed by atoms with van der Waals surface area (Å²) in [7, 11) is 1.54. The van der Waals surface area contributed by atoms with E-state index in [1.165, 1.54) is 17.6 Å². The molecule has 0 aliphatic carbocycles. The maximum absolute atomic E-state index is 12.3. The van der Waals surface area contributed by atoms with E-state index in [4.69, 9.17) is 9.47 Å². The van der Waals surface area contributed by atoms with Gasteiger partial charge in [0.2, 0.25) is 0 Å². The van der Waals surface area contributed by atoms with E-state index in [-0.39, 0.29) is 17.7 Å². The number of ether oxygens (including phenoxy) is 2. The molecule has 2 amide bonds. The molecule has 0 saturated carbocycles. The lowest BCUT2D eigenvalue weighted by molar-refractivity contribution is -0.123. The first kappa shape index (κ1) is 19.2. The summed E-state index contributed by atoms with van der Waals surface area (Å²) in [6.07, 6.45) is 1.72. The van der Waals surface area contributed by atoms with Crippen molar-refractivity contribution in [1.29, 1.82) is 0 Å². The number of hydrogen-bond acceptors (Lipinski definition) is 5. The number of aryl methyl sites for hydroxylation is 1. The van der Waals surface area contributed by atoms with Crippen molar-refractivity contribution in [3.63, 3.8) is 0 Å². The van der Waals surface area contributed by atoms with Crippen molar-refractivity contribution >= 4 is 29.0 Å². The Morgan fingerprint density at radius 2 is 1.89 bits per heavy atom. The second-order valence-electron chi connectivity index (χ2n) is 6.17. The monoisotopic (exact) mass is 383 g/mol. The van der Waals surface area contributed by atoms with Crippen LogP contribution in [0.4, 0.5) is 4.79 Å². The Morgan fingerprint density at radius 1 is 1.11 bits per heavy atom. The number of amides is 2. The summed E-state index contributed by atoms with van der Waals surface area (Å²) in [4.78, 5) is 25.9. The molecule has 27 heavy (non-hydrogen) atoms. The number of carbonyl (C=O) groups excluding carboxylic acids is 2. The molecule has 1 aliphatic heterocycles. The fourth-order valence-corrected chi connectivity index (χ4v) is 3.52. The standard InChI is InChI=1S/C21H21NO4S/c1-15-4-3-5-17(12-15)14-26-18-8-6-16(7-9-18)13-19-20(23)22(10-11-25-2)21(24)27-19/h3-9,12-13H,10-11,14H2,1-2H3/b19-13+. The second kappa shape index (κ2) is 8.88. The number of methoxy groups -OCH3 is 1. The number of imide groups is 1. The summed E-state index contributed by atoms with van der Waals surface area (Å²) in [6.45, 7) is 3.15. The zero-order chi connectivity index (χ0) is 19.2. The molecular weight excluding hydrogens is 362 g/mol. The molecular formula is C21H21NO4S. The SMILES string of the molecule is COCCN1C(=O)S/C(=C/c2ccc(OCc3cccc(C)c3)cc2)C1=O. The van der Waals surface area contributed by atoms with Gasteiger partial charge in [-0.1, -0.05) is 42.0 Å². The Labute approximate surface area is 163 Å². The van der Waals surface area contributed by atoms with Crippen LogP contribution < -0.4 is 4.74 Å². The molecule has 0 atom stereocenters. The highest BCUT2D eigenvalue weighted by atomic mass is 32.2. The Morgan fingerprint density at radius 3 is 2.59 bits per heavy atom. The minimum atomic E-state index is -0.276. The molecule has 2 aromatic carbocycles. The fourth-order valence-electron chi connectivity index (χ4n) is 2.66. The molecule has 0 bridgehead atoms. The Balaban J connectivity index is 1.62. The first-order valence-corrected chi connectivity index (χ1v) is 9.41. The molecule has 0 unspecified atom stereocenters. The largest absolute Gasteiger partial charge is 0.489 e. The van der Waals surface area contributed by atoms with Gasteiger partial charge >= 0.3 is 0 Å². The quantitative estimate of drug-likeness (QED) is 0.669. The van der Waals surface area contributed by atoms with Gasteiger partial charge in [0.25, 0.3) is 11.1 Å². The number of rotatable bonds is 7. The van der Waals surface area contributed by atoms with Gasteiger partial charge in [-0.25, -0.2) is 0 Å². The van der Waals surface area contributed by atoms with Crippen LogP contribution in [-0.2, 0) is 16.1 Å². The number of benzene rings is 2. The minimum absolute atomic E-state index is 0.263. The zero-order valence-corrected chi connectivity index (χ0v) is 16.1. The molecule has 0 aromatic heterocycles. The molecule has 6 heteroatoms. The van der Waals surface area contributed by atoms with Gasteiger partial charge in [-0.3, -0.25) is 14.5 Å². The van der Waals surface area contributed by atoms with Gasteiger partial charge in [-0.05, 0) is 48.0 Å². The topological polar surface area (TPSA) is 55.8 Å². The fraction of sp³-hybridized carbons (Fsp3) is 0.238. The maximum atomic E-state index is 12.3. The van der Waals surface area contributed by atoms with Crippen molar-refractivity contribution in [2.24, 2.45) is 0 Å². The van der Waals surface area contributed by atoms with Gasteiger partial charge < -0.3 is 9.47 Å². The number of nitrogens with zero attached hydrogens (tertiary/aromatic N) is 1. The third-order valence-corrected chi connectivity index (χ3v) is 4.97. The highest BCUT2D eigenvalue weighted by Gasteiger charge is 2.34. The molecule has 0 N–H and O–H groups in total. The van der Waals surface area contributed by atoms with E-state index in [0.717, 1.165) is 28.6 Å². The smallest absolute Gasteiger partial charge is 0.293 e. The van der Waals surface area contributed by atoms with Crippen LogP contribution in [0.15, 0.2) is 53.4 Å². The van der Waals surface area contributed by atoms with Crippen LogP contribution in [0, 0.1) is 6.92 Å². The number of thioether (sulfide) groups is 1. The number of carbonyl (C=O) groups is 2. The van der Waals surface area contributed by atoms with Crippen LogP contribution >= 0.6 is 11.8 Å². The molecule has 0 radical (unpaired) electrons. The average molecular weight is 383 g/mol. The normalized spacial score (nSPS) is 15.6.